The maximum absolute atomic E-state index is 12.4. The van der Waals surface area contributed by atoms with E-state index in [0.717, 1.165) is 28.4 Å². The molecule has 0 saturated carbocycles. The average molecular weight is 372 g/mol. The summed E-state index contributed by atoms with van der Waals surface area (Å²) in [5, 5.41) is 13.7. The lowest BCUT2D eigenvalue weighted by Crippen LogP contribution is -2.32. The highest BCUT2D eigenvalue weighted by Crippen LogP contribution is 2.24. The molecule has 6 nitrogen and oxygen atoms in total. The largest absolute Gasteiger partial charge is 0.361 e. The number of aromatic nitrogens is 3. The molecule has 26 heavy (non-hydrogen) atoms. The van der Waals surface area contributed by atoms with E-state index in [1.54, 1.807) is 11.3 Å². The van der Waals surface area contributed by atoms with Crippen molar-refractivity contribution in [1.29, 1.82) is 0 Å². The van der Waals surface area contributed by atoms with Crippen LogP contribution in [0.1, 0.15) is 45.7 Å². The quantitative estimate of drug-likeness (QED) is 0.689. The highest BCUT2D eigenvalue weighted by Gasteiger charge is 2.19. The third-order valence-electron chi connectivity index (χ3n) is 4.49. The predicted molar refractivity (Wildman–Crippen MR) is 101 cm³/mol. The van der Waals surface area contributed by atoms with Gasteiger partial charge in [0.25, 0.3) is 0 Å². The lowest BCUT2D eigenvalue weighted by molar-refractivity contribution is -0.121. The Bertz CT molecular complexity index is 860. The Balaban J connectivity index is 1.65. The van der Waals surface area contributed by atoms with Gasteiger partial charge in [0.1, 0.15) is 11.8 Å². The summed E-state index contributed by atoms with van der Waals surface area (Å²) >= 11 is 1.68. The molecule has 0 aliphatic rings. The van der Waals surface area contributed by atoms with Crippen LogP contribution in [-0.2, 0) is 11.2 Å². The number of carbonyl (C=O) groups is 1. The molecule has 0 aliphatic carbocycles. The third kappa shape index (κ3) is 4.04. The molecule has 0 saturated heterocycles. The summed E-state index contributed by atoms with van der Waals surface area (Å²) in [6.07, 6.45) is 1.05. The van der Waals surface area contributed by atoms with E-state index in [1.807, 2.05) is 43.8 Å². The molecule has 0 spiro atoms. The van der Waals surface area contributed by atoms with Crippen LogP contribution in [0.2, 0.25) is 0 Å². The molecule has 138 valence electrons. The third-order valence-corrected chi connectivity index (χ3v) is 5.46. The lowest BCUT2D eigenvalue weighted by Gasteiger charge is -2.19. The summed E-state index contributed by atoms with van der Waals surface area (Å²) in [6, 6.07) is 6.17. The minimum atomic E-state index is 0.00622. The maximum Gasteiger partial charge on any atom is 0.220 e. The normalized spacial score (nSPS) is 12.3. The smallest absolute Gasteiger partial charge is 0.220 e. The summed E-state index contributed by atoms with van der Waals surface area (Å²) in [6.45, 7) is 8.32. The van der Waals surface area contributed by atoms with Crippen molar-refractivity contribution in [1.82, 2.24) is 20.3 Å². The summed E-state index contributed by atoms with van der Waals surface area (Å²) in [7, 11) is 0. The first-order valence-corrected chi connectivity index (χ1v) is 9.58. The molecule has 3 heterocycles. The molecule has 1 amide bonds. The van der Waals surface area contributed by atoms with Gasteiger partial charge in [-0.05, 0) is 51.6 Å². The molecule has 0 aliphatic heterocycles. The number of amides is 1. The molecule has 3 rings (SSSR count). The van der Waals surface area contributed by atoms with Gasteiger partial charge >= 0.3 is 0 Å². The number of aryl methyl sites for hydroxylation is 4. The summed E-state index contributed by atoms with van der Waals surface area (Å²) in [5.41, 5.74) is 3.95. The highest BCUT2D eigenvalue weighted by atomic mass is 32.1. The zero-order valence-electron chi connectivity index (χ0n) is 15.6. The fourth-order valence-electron chi connectivity index (χ4n) is 3.15. The fraction of sp³-hybridized carbons (Fsp3) is 0.421. The fourth-order valence-corrected chi connectivity index (χ4v) is 3.96. The van der Waals surface area contributed by atoms with E-state index in [2.05, 4.69) is 27.7 Å². The van der Waals surface area contributed by atoms with Crippen molar-refractivity contribution >= 4 is 17.2 Å². The zero-order chi connectivity index (χ0) is 18.7. The maximum atomic E-state index is 12.4. The van der Waals surface area contributed by atoms with Gasteiger partial charge in [-0.2, -0.15) is 5.10 Å². The van der Waals surface area contributed by atoms with E-state index in [-0.39, 0.29) is 11.9 Å². The van der Waals surface area contributed by atoms with Crippen molar-refractivity contribution in [3.8, 4) is 0 Å². The number of carbonyl (C=O) groups excluding carboxylic acids is 1. The van der Waals surface area contributed by atoms with Gasteiger partial charge in [0.2, 0.25) is 5.91 Å². The predicted octanol–water partition coefficient (Wildman–Crippen LogP) is 3.50. The molecular weight excluding hydrogens is 348 g/mol. The molecule has 1 atom stereocenters. The van der Waals surface area contributed by atoms with Crippen molar-refractivity contribution in [3.63, 3.8) is 0 Å². The summed E-state index contributed by atoms with van der Waals surface area (Å²) in [4.78, 5) is 13.6. The van der Waals surface area contributed by atoms with Crippen LogP contribution >= 0.6 is 11.3 Å². The Hall–Kier alpha value is -2.41. The van der Waals surface area contributed by atoms with Crippen LogP contribution in [0.5, 0.6) is 0 Å². The average Bonchev–Trinajstić information content (AvgIpc) is 3.30. The number of hydrogen-bond acceptors (Lipinski definition) is 5. The molecule has 0 unspecified atom stereocenters. The van der Waals surface area contributed by atoms with Gasteiger partial charge in [-0.1, -0.05) is 11.2 Å². The SMILES string of the molecule is Cc1cc(C)n([C@H](CNC(=O)CCc2c(C)noc2C)c2cccs2)n1. The van der Waals surface area contributed by atoms with Gasteiger partial charge < -0.3 is 9.84 Å². The highest BCUT2D eigenvalue weighted by molar-refractivity contribution is 7.10. The molecule has 7 heteroatoms. The molecular formula is C19H24N4O2S. The van der Waals surface area contributed by atoms with Gasteiger partial charge in [0, 0.05) is 29.1 Å². The van der Waals surface area contributed by atoms with Crippen LogP contribution in [0.4, 0.5) is 0 Å². The molecule has 0 aromatic carbocycles. The van der Waals surface area contributed by atoms with E-state index in [0.29, 0.717) is 19.4 Å². The Morgan fingerprint density at radius 2 is 2.15 bits per heavy atom. The molecule has 0 radical (unpaired) electrons. The minimum absolute atomic E-state index is 0.00622. The van der Waals surface area contributed by atoms with Crippen molar-refractivity contribution in [2.75, 3.05) is 6.54 Å². The summed E-state index contributed by atoms with van der Waals surface area (Å²) < 4.78 is 7.15. The van der Waals surface area contributed by atoms with Gasteiger partial charge in [-0.3, -0.25) is 9.48 Å². The van der Waals surface area contributed by atoms with Crippen LogP contribution in [0.3, 0.4) is 0 Å². The van der Waals surface area contributed by atoms with Crippen molar-refractivity contribution in [2.45, 2.75) is 46.6 Å². The van der Waals surface area contributed by atoms with E-state index in [9.17, 15) is 4.79 Å². The van der Waals surface area contributed by atoms with Gasteiger partial charge in [-0.15, -0.1) is 11.3 Å². The van der Waals surface area contributed by atoms with Crippen LogP contribution < -0.4 is 5.32 Å². The van der Waals surface area contributed by atoms with E-state index in [4.69, 9.17) is 4.52 Å². The van der Waals surface area contributed by atoms with E-state index in [1.165, 1.54) is 4.88 Å². The Morgan fingerprint density at radius 1 is 1.35 bits per heavy atom. The molecule has 3 aromatic heterocycles. The lowest BCUT2D eigenvalue weighted by atomic mass is 10.1. The number of nitrogens with zero attached hydrogens (tertiary/aromatic N) is 3. The second-order valence-corrected chi connectivity index (χ2v) is 7.49. The Kier molecular flexibility index (Phi) is 5.56. The molecule has 0 bridgehead atoms. The second kappa shape index (κ2) is 7.86. The molecule has 0 fully saturated rings. The van der Waals surface area contributed by atoms with Crippen molar-refractivity contribution < 1.29 is 9.32 Å². The first-order chi connectivity index (χ1) is 12.5. The van der Waals surface area contributed by atoms with Crippen LogP contribution in [0.15, 0.2) is 28.1 Å². The monoisotopic (exact) mass is 372 g/mol. The van der Waals surface area contributed by atoms with Gasteiger partial charge in [-0.25, -0.2) is 0 Å². The van der Waals surface area contributed by atoms with E-state index < -0.39 is 0 Å². The standard InChI is InChI=1S/C19H24N4O2S/c1-12-10-13(2)23(21-12)17(18-6-5-9-26-18)11-20-19(24)8-7-16-14(3)22-25-15(16)4/h5-6,9-10,17H,7-8,11H2,1-4H3,(H,20,24)/t17-/m1/s1. The minimum Gasteiger partial charge on any atom is -0.361 e. The Morgan fingerprint density at radius 3 is 2.73 bits per heavy atom. The second-order valence-electron chi connectivity index (χ2n) is 6.51. The number of thiophene rings is 1. The molecule has 3 aromatic rings. The number of hydrogen-bond donors (Lipinski definition) is 1. The molecule has 1 N–H and O–H groups in total. The van der Waals surface area contributed by atoms with Crippen molar-refractivity contribution in [2.24, 2.45) is 0 Å². The Labute approximate surface area is 157 Å². The van der Waals surface area contributed by atoms with Gasteiger partial charge in [0.15, 0.2) is 0 Å². The van der Waals surface area contributed by atoms with Crippen molar-refractivity contribution in [3.05, 3.63) is 56.9 Å². The summed E-state index contributed by atoms with van der Waals surface area (Å²) in [5.74, 6) is 0.808. The topological polar surface area (TPSA) is 73.0 Å². The number of rotatable bonds is 7. The zero-order valence-corrected chi connectivity index (χ0v) is 16.4. The van der Waals surface area contributed by atoms with Crippen LogP contribution in [0, 0.1) is 27.7 Å². The number of nitrogens with one attached hydrogen (secondary N) is 1. The van der Waals surface area contributed by atoms with Crippen LogP contribution in [-0.4, -0.2) is 27.4 Å². The first kappa shape index (κ1) is 18.4. The van der Waals surface area contributed by atoms with Gasteiger partial charge in [0.05, 0.1) is 11.4 Å². The first-order valence-electron chi connectivity index (χ1n) is 8.70. The van der Waals surface area contributed by atoms with E-state index >= 15 is 0 Å². The van der Waals surface area contributed by atoms with Crippen LogP contribution in [0.25, 0.3) is 0 Å².